The van der Waals surface area contributed by atoms with E-state index in [1.165, 1.54) is 10.4 Å². The largest absolute Gasteiger partial charge is 0.416 e. The summed E-state index contributed by atoms with van der Waals surface area (Å²) in [7, 11) is -3.98. The van der Waals surface area contributed by atoms with Gasteiger partial charge in [-0.25, -0.2) is 8.42 Å². The molecular formula is C15H18F3N3O2S2. The van der Waals surface area contributed by atoms with Crippen LogP contribution in [0.25, 0.3) is 0 Å². The Bertz CT molecular complexity index is 743. The average molecular weight is 393 g/mol. The number of nitrogens with zero attached hydrogens (tertiary/aromatic N) is 2. The first-order chi connectivity index (χ1) is 11.7. The summed E-state index contributed by atoms with van der Waals surface area (Å²) in [4.78, 5) is 1.46. The molecule has 1 aromatic carbocycles. The van der Waals surface area contributed by atoms with Gasteiger partial charge in [-0.3, -0.25) is 0 Å². The van der Waals surface area contributed by atoms with Gasteiger partial charge in [-0.05, 0) is 30.4 Å². The molecule has 10 heteroatoms. The van der Waals surface area contributed by atoms with Crippen LogP contribution in [0.2, 0.25) is 0 Å². The minimum atomic E-state index is -4.59. The molecule has 0 aromatic heterocycles. The molecule has 0 spiro atoms. The van der Waals surface area contributed by atoms with Crippen molar-refractivity contribution >= 4 is 27.4 Å². The Morgan fingerprint density at radius 3 is 2.48 bits per heavy atom. The summed E-state index contributed by atoms with van der Waals surface area (Å²) < 4.78 is 64.8. The van der Waals surface area contributed by atoms with E-state index in [-0.39, 0.29) is 18.0 Å². The van der Waals surface area contributed by atoms with Gasteiger partial charge in [0, 0.05) is 32.7 Å². The van der Waals surface area contributed by atoms with Crippen LogP contribution in [0.1, 0.15) is 5.56 Å². The van der Waals surface area contributed by atoms with Gasteiger partial charge in [0.2, 0.25) is 10.0 Å². The Labute approximate surface area is 150 Å². The van der Waals surface area contributed by atoms with Crippen molar-refractivity contribution in [3.63, 3.8) is 0 Å². The number of hydrogen-bond acceptors (Lipinski definition) is 3. The fourth-order valence-corrected chi connectivity index (χ4v) is 4.12. The lowest BCUT2D eigenvalue weighted by molar-refractivity contribution is -0.137. The van der Waals surface area contributed by atoms with Crippen molar-refractivity contribution < 1.29 is 21.6 Å². The van der Waals surface area contributed by atoms with E-state index in [1.54, 1.807) is 6.08 Å². The van der Waals surface area contributed by atoms with Crippen LogP contribution in [0.4, 0.5) is 13.2 Å². The van der Waals surface area contributed by atoms with E-state index in [0.29, 0.717) is 30.8 Å². The zero-order valence-corrected chi connectivity index (χ0v) is 14.9. The van der Waals surface area contributed by atoms with Crippen LogP contribution in [0.3, 0.4) is 0 Å². The standard InChI is InChI=1S/C15H18F3N3O2S2/c1-2-6-19-14(24)20-7-9-21(10-8-20)25(22,23)13-5-3-4-12(11-13)15(16,17)18/h2-5,11H,1,6-10H2,(H,19,24). The Morgan fingerprint density at radius 1 is 1.28 bits per heavy atom. The van der Waals surface area contributed by atoms with Crippen molar-refractivity contribution in [3.05, 3.63) is 42.5 Å². The Balaban J connectivity index is 2.10. The first-order valence-electron chi connectivity index (χ1n) is 7.47. The lowest BCUT2D eigenvalue weighted by Crippen LogP contribution is -2.53. The highest BCUT2D eigenvalue weighted by Crippen LogP contribution is 2.31. The molecule has 1 aromatic rings. The number of halogens is 3. The summed E-state index contributed by atoms with van der Waals surface area (Å²) in [5.74, 6) is 0. The molecule has 5 nitrogen and oxygen atoms in total. The predicted molar refractivity (Wildman–Crippen MR) is 92.6 cm³/mol. The van der Waals surface area contributed by atoms with E-state index in [0.717, 1.165) is 12.1 Å². The highest BCUT2D eigenvalue weighted by Gasteiger charge is 2.34. The molecule has 0 aliphatic carbocycles. The molecule has 0 bridgehead atoms. The first-order valence-corrected chi connectivity index (χ1v) is 9.32. The summed E-state index contributed by atoms with van der Waals surface area (Å²) >= 11 is 5.20. The van der Waals surface area contributed by atoms with Crippen LogP contribution in [0, 0.1) is 0 Å². The van der Waals surface area contributed by atoms with Crippen molar-refractivity contribution in [1.29, 1.82) is 0 Å². The Kier molecular flexibility index (Phi) is 6.07. The Morgan fingerprint density at radius 2 is 1.92 bits per heavy atom. The topological polar surface area (TPSA) is 52.6 Å². The molecule has 1 N–H and O–H groups in total. The fourth-order valence-electron chi connectivity index (χ4n) is 2.38. The summed E-state index contributed by atoms with van der Waals surface area (Å²) in [6.07, 6.45) is -2.94. The molecule has 1 aliphatic heterocycles. The molecule has 0 unspecified atom stereocenters. The van der Waals surface area contributed by atoms with E-state index in [1.807, 2.05) is 4.90 Å². The third kappa shape index (κ3) is 4.71. The zero-order chi connectivity index (χ0) is 18.7. The van der Waals surface area contributed by atoms with Gasteiger partial charge in [0.15, 0.2) is 5.11 Å². The summed E-state index contributed by atoms with van der Waals surface area (Å²) in [6, 6.07) is 3.78. The number of alkyl halides is 3. The van der Waals surface area contributed by atoms with Crippen LogP contribution >= 0.6 is 12.2 Å². The van der Waals surface area contributed by atoms with Gasteiger partial charge >= 0.3 is 6.18 Å². The molecule has 138 valence electrons. The molecule has 0 radical (unpaired) electrons. The zero-order valence-electron chi connectivity index (χ0n) is 13.3. The average Bonchev–Trinajstić information content (AvgIpc) is 2.59. The number of sulfonamides is 1. The molecule has 1 aliphatic rings. The molecular weight excluding hydrogens is 375 g/mol. The predicted octanol–water partition coefficient (Wildman–Crippen LogP) is 2.07. The van der Waals surface area contributed by atoms with Gasteiger partial charge in [0.05, 0.1) is 10.5 Å². The molecule has 1 fully saturated rings. The van der Waals surface area contributed by atoms with Crippen LogP contribution in [0.15, 0.2) is 41.8 Å². The van der Waals surface area contributed by atoms with E-state index in [9.17, 15) is 21.6 Å². The molecule has 1 heterocycles. The molecule has 2 rings (SSSR count). The fraction of sp³-hybridized carbons (Fsp3) is 0.400. The minimum Gasteiger partial charge on any atom is -0.359 e. The highest BCUT2D eigenvalue weighted by atomic mass is 32.2. The number of piperazine rings is 1. The SMILES string of the molecule is C=CCNC(=S)N1CCN(S(=O)(=O)c2cccc(C(F)(F)F)c2)CC1. The minimum absolute atomic E-state index is 0.147. The van der Waals surface area contributed by atoms with Gasteiger partial charge in [-0.2, -0.15) is 17.5 Å². The maximum atomic E-state index is 12.8. The molecule has 25 heavy (non-hydrogen) atoms. The first kappa shape index (κ1) is 19.7. The molecule has 0 atom stereocenters. The van der Waals surface area contributed by atoms with Gasteiger partial charge in [0.25, 0.3) is 0 Å². The Hall–Kier alpha value is -1.65. The molecule has 0 amide bonds. The molecule has 1 saturated heterocycles. The van der Waals surface area contributed by atoms with Crippen molar-refractivity contribution in [1.82, 2.24) is 14.5 Å². The lowest BCUT2D eigenvalue weighted by atomic mass is 10.2. The summed E-state index contributed by atoms with van der Waals surface area (Å²) in [5, 5.41) is 3.45. The van der Waals surface area contributed by atoms with Gasteiger partial charge in [-0.15, -0.1) is 6.58 Å². The van der Waals surface area contributed by atoms with E-state index in [2.05, 4.69) is 11.9 Å². The number of rotatable bonds is 4. The van der Waals surface area contributed by atoms with Crippen molar-refractivity contribution in [2.24, 2.45) is 0 Å². The second-order valence-electron chi connectivity index (χ2n) is 5.39. The number of hydrogen-bond donors (Lipinski definition) is 1. The quantitative estimate of drug-likeness (QED) is 0.627. The second-order valence-corrected chi connectivity index (χ2v) is 7.72. The van der Waals surface area contributed by atoms with E-state index in [4.69, 9.17) is 12.2 Å². The van der Waals surface area contributed by atoms with Crippen molar-refractivity contribution in [2.75, 3.05) is 32.7 Å². The number of thiocarbonyl (C=S) groups is 1. The van der Waals surface area contributed by atoms with Crippen LogP contribution in [-0.2, 0) is 16.2 Å². The normalized spacial score (nSPS) is 16.5. The van der Waals surface area contributed by atoms with Gasteiger partial charge in [0.1, 0.15) is 0 Å². The van der Waals surface area contributed by atoms with Gasteiger partial charge in [-0.1, -0.05) is 12.1 Å². The maximum absolute atomic E-state index is 12.8. The highest BCUT2D eigenvalue weighted by molar-refractivity contribution is 7.89. The second kappa shape index (κ2) is 7.71. The number of benzene rings is 1. The molecule has 0 saturated carbocycles. The number of nitrogens with one attached hydrogen (secondary N) is 1. The van der Waals surface area contributed by atoms with Crippen LogP contribution < -0.4 is 5.32 Å². The summed E-state index contributed by atoms with van der Waals surface area (Å²) in [5.41, 5.74) is -0.984. The lowest BCUT2D eigenvalue weighted by Gasteiger charge is -2.35. The third-order valence-electron chi connectivity index (χ3n) is 3.72. The maximum Gasteiger partial charge on any atom is 0.416 e. The van der Waals surface area contributed by atoms with E-state index < -0.39 is 21.8 Å². The third-order valence-corrected chi connectivity index (χ3v) is 6.02. The van der Waals surface area contributed by atoms with Crippen LogP contribution in [-0.4, -0.2) is 55.5 Å². The van der Waals surface area contributed by atoms with Gasteiger partial charge < -0.3 is 10.2 Å². The smallest absolute Gasteiger partial charge is 0.359 e. The van der Waals surface area contributed by atoms with Crippen LogP contribution in [0.5, 0.6) is 0 Å². The van der Waals surface area contributed by atoms with Crippen molar-refractivity contribution in [2.45, 2.75) is 11.1 Å². The van der Waals surface area contributed by atoms with E-state index >= 15 is 0 Å². The van der Waals surface area contributed by atoms with Crippen molar-refractivity contribution in [3.8, 4) is 0 Å². The monoisotopic (exact) mass is 393 g/mol. The summed E-state index contributed by atoms with van der Waals surface area (Å²) in [6.45, 7) is 5.09.